The smallest absolute Gasteiger partial charge is 0.475 e. The summed E-state index contributed by atoms with van der Waals surface area (Å²) < 4.78 is 43.7. The highest BCUT2D eigenvalue weighted by atomic mass is 19.4. The highest BCUT2D eigenvalue weighted by Crippen LogP contribution is 2.33. The van der Waals surface area contributed by atoms with Crippen LogP contribution in [0.3, 0.4) is 0 Å². The summed E-state index contributed by atoms with van der Waals surface area (Å²) in [5.74, 6) is -2.19. The van der Waals surface area contributed by atoms with Crippen LogP contribution in [-0.2, 0) is 9.53 Å². The number of nitrogens with zero attached hydrogens (tertiary/aromatic N) is 3. The molecule has 1 N–H and O–H groups in total. The number of fused-ring (bicyclic) bond motifs is 1. The predicted molar refractivity (Wildman–Crippen MR) is 105 cm³/mol. The maximum absolute atomic E-state index is 12.9. The van der Waals surface area contributed by atoms with Crippen LogP contribution in [0.15, 0.2) is 42.6 Å². The third-order valence-corrected chi connectivity index (χ3v) is 5.06. The Bertz CT molecular complexity index is 942. The second-order valence-corrected chi connectivity index (χ2v) is 7.27. The third-order valence-electron chi connectivity index (χ3n) is 5.06. The first-order chi connectivity index (χ1) is 15.2. The molecule has 32 heavy (non-hydrogen) atoms. The number of aromatic nitrogens is 2. The van der Waals surface area contributed by atoms with Crippen molar-refractivity contribution in [3.8, 4) is 5.88 Å². The summed E-state index contributed by atoms with van der Waals surface area (Å²) >= 11 is 0. The fourth-order valence-electron chi connectivity index (χ4n) is 3.68. The van der Waals surface area contributed by atoms with E-state index in [0.717, 1.165) is 18.5 Å². The fourth-order valence-corrected chi connectivity index (χ4v) is 3.68. The first-order valence-corrected chi connectivity index (χ1v) is 9.91. The number of carboxylic acid groups (broad SMARTS) is 1. The van der Waals surface area contributed by atoms with E-state index < -0.39 is 12.1 Å². The average molecular weight is 453 g/mol. The van der Waals surface area contributed by atoms with Gasteiger partial charge in [0.1, 0.15) is 17.9 Å². The van der Waals surface area contributed by atoms with Gasteiger partial charge in [0.25, 0.3) is 5.91 Å². The lowest BCUT2D eigenvalue weighted by atomic mass is 10.1. The second-order valence-electron chi connectivity index (χ2n) is 7.27. The van der Waals surface area contributed by atoms with Crippen LogP contribution in [0.5, 0.6) is 5.88 Å². The number of amides is 1. The molecular weight excluding hydrogens is 431 g/mol. The van der Waals surface area contributed by atoms with Gasteiger partial charge in [0.2, 0.25) is 5.88 Å². The largest absolute Gasteiger partial charge is 0.490 e. The van der Waals surface area contributed by atoms with Gasteiger partial charge >= 0.3 is 12.1 Å². The second kappa shape index (κ2) is 9.94. The van der Waals surface area contributed by atoms with Gasteiger partial charge in [-0.15, -0.1) is 0 Å². The number of pyridine rings is 2. The number of halogens is 3. The number of ether oxygens (including phenoxy) is 2. The van der Waals surface area contributed by atoms with Crippen molar-refractivity contribution < 1.29 is 37.3 Å². The minimum atomic E-state index is -5.08. The Kier molecular flexibility index (Phi) is 7.29. The molecule has 1 saturated carbocycles. The monoisotopic (exact) mass is 453 g/mol. The summed E-state index contributed by atoms with van der Waals surface area (Å²) in [6.45, 7) is 3.00. The number of hydrogen-bond acceptors (Lipinski definition) is 6. The van der Waals surface area contributed by atoms with E-state index in [1.807, 2.05) is 42.2 Å². The number of carboxylic acids is 1. The minimum Gasteiger partial charge on any atom is -0.475 e. The highest BCUT2D eigenvalue weighted by molar-refractivity contribution is 5.92. The zero-order chi connectivity index (χ0) is 23.3. The van der Waals surface area contributed by atoms with Crippen molar-refractivity contribution in [2.75, 3.05) is 13.2 Å². The van der Waals surface area contributed by atoms with Gasteiger partial charge < -0.3 is 19.5 Å². The Morgan fingerprint density at radius 1 is 1.19 bits per heavy atom. The van der Waals surface area contributed by atoms with E-state index in [4.69, 9.17) is 19.4 Å². The molecule has 0 spiro atoms. The van der Waals surface area contributed by atoms with Crippen LogP contribution in [0.25, 0.3) is 0 Å². The van der Waals surface area contributed by atoms with Crippen molar-refractivity contribution in [2.45, 2.75) is 44.2 Å². The Morgan fingerprint density at radius 3 is 2.56 bits per heavy atom. The van der Waals surface area contributed by atoms with Crippen molar-refractivity contribution >= 4 is 11.9 Å². The van der Waals surface area contributed by atoms with Crippen LogP contribution >= 0.6 is 0 Å². The van der Waals surface area contributed by atoms with Crippen LogP contribution in [0, 0.1) is 6.92 Å². The zero-order valence-electron chi connectivity index (χ0n) is 17.2. The molecule has 3 heterocycles. The van der Waals surface area contributed by atoms with Gasteiger partial charge in [0.15, 0.2) is 0 Å². The van der Waals surface area contributed by atoms with Crippen molar-refractivity contribution in [3.05, 3.63) is 54.0 Å². The van der Waals surface area contributed by atoms with Gasteiger partial charge in [-0.1, -0.05) is 12.1 Å². The van der Waals surface area contributed by atoms with Crippen molar-refractivity contribution in [3.63, 3.8) is 0 Å². The Balaban J connectivity index is 0.000000360. The number of hydrogen-bond donors (Lipinski definition) is 1. The molecule has 8 nitrogen and oxygen atoms in total. The highest BCUT2D eigenvalue weighted by Gasteiger charge is 2.46. The lowest BCUT2D eigenvalue weighted by Gasteiger charge is -2.38. The third kappa shape index (κ3) is 5.72. The Morgan fingerprint density at radius 2 is 1.94 bits per heavy atom. The molecule has 4 rings (SSSR count). The van der Waals surface area contributed by atoms with E-state index >= 15 is 0 Å². The molecule has 0 bridgehead atoms. The van der Waals surface area contributed by atoms with Gasteiger partial charge in [-0.05, 0) is 38.0 Å². The van der Waals surface area contributed by atoms with E-state index in [1.54, 1.807) is 12.3 Å². The van der Waals surface area contributed by atoms with Crippen LogP contribution in [0.2, 0.25) is 0 Å². The topological polar surface area (TPSA) is 102 Å². The summed E-state index contributed by atoms with van der Waals surface area (Å²) in [4.78, 5) is 32.3. The first kappa shape index (κ1) is 23.5. The van der Waals surface area contributed by atoms with Gasteiger partial charge in [-0.2, -0.15) is 13.2 Å². The summed E-state index contributed by atoms with van der Waals surface area (Å²) in [6.07, 6.45) is -1.87. The molecule has 1 aliphatic heterocycles. The molecule has 0 aromatic carbocycles. The maximum Gasteiger partial charge on any atom is 0.490 e. The molecule has 3 atom stereocenters. The molecule has 2 aliphatic rings. The number of carbonyl (C=O) groups is 2. The first-order valence-electron chi connectivity index (χ1n) is 9.91. The lowest BCUT2D eigenvalue weighted by Crippen LogP contribution is -2.54. The summed E-state index contributed by atoms with van der Waals surface area (Å²) in [7, 11) is 0. The van der Waals surface area contributed by atoms with Crippen molar-refractivity contribution in [1.29, 1.82) is 0 Å². The standard InChI is InChI=1S/C19H21N3O3.C2HF3O2/c1-13-5-4-6-14(21-13)19(23)22-11-12-24-18-15(22)8-9-16(18)25-17-7-2-3-10-20-17;3-2(4,5)1(6)7/h2-7,10,15-16,18H,8-9,11-12H2,1H3;(H,6,7)/t15-,16-,18+;/m0./s1. The van der Waals surface area contributed by atoms with Crippen LogP contribution in [0.1, 0.15) is 29.0 Å². The van der Waals surface area contributed by atoms with E-state index in [0.29, 0.717) is 24.7 Å². The van der Waals surface area contributed by atoms with E-state index in [-0.39, 0.29) is 24.2 Å². The van der Waals surface area contributed by atoms with E-state index in [2.05, 4.69) is 9.97 Å². The maximum atomic E-state index is 12.9. The summed E-state index contributed by atoms with van der Waals surface area (Å²) in [6, 6.07) is 11.2. The van der Waals surface area contributed by atoms with Crippen LogP contribution in [-0.4, -0.2) is 69.4 Å². The normalized spacial score (nSPS) is 22.4. The predicted octanol–water partition coefficient (Wildman–Crippen LogP) is 2.87. The number of aryl methyl sites for hydroxylation is 1. The number of aliphatic carboxylic acids is 1. The molecule has 2 fully saturated rings. The zero-order valence-corrected chi connectivity index (χ0v) is 17.2. The number of carbonyl (C=O) groups excluding carboxylic acids is 1. The van der Waals surface area contributed by atoms with Crippen molar-refractivity contribution in [1.82, 2.24) is 14.9 Å². The van der Waals surface area contributed by atoms with Gasteiger partial charge in [0.05, 0.1) is 12.6 Å². The average Bonchev–Trinajstić information content (AvgIpc) is 3.16. The Hall–Kier alpha value is -3.21. The molecule has 11 heteroatoms. The molecule has 0 radical (unpaired) electrons. The molecule has 1 aliphatic carbocycles. The molecule has 1 saturated heterocycles. The lowest BCUT2D eigenvalue weighted by molar-refractivity contribution is -0.192. The number of rotatable bonds is 3. The molecule has 0 unspecified atom stereocenters. The molecule has 2 aromatic rings. The summed E-state index contributed by atoms with van der Waals surface area (Å²) in [5.41, 5.74) is 1.34. The number of morpholine rings is 1. The molecule has 2 aromatic heterocycles. The quantitative estimate of drug-likeness (QED) is 0.763. The molecule has 1 amide bonds. The van der Waals surface area contributed by atoms with Gasteiger partial charge in [-0.25, -0.2) is 14.8 Å². The van der Waals surface area contributed by atoms with Crippen LogP contribution in [0.4, 0.5) is 13.2 Å². The van der Waals surface area contributed by atoms with E-state index in [9.17, 15) is 18.0 Å². The van der Waals surface area contributed by atoms with Gasteiger partial charge in [-0.3, -0.25) is 4.79 Å². The number of alkyl halides is 3. The molecular formula is C21H22F3N3O5. The fraction of sp³-hybridized carbons (Fsp3) is 0.429. The Labute approximate surface area is 182 Å². The van der Waals surface area contributed by atoms with Crippen molar-refractivity contribution in [2.24, 2.45) is 0 Å². The summed E-state index contributed by atoms with van der Waals surface area (Å²) in [5, 5.41) is 7.12. The minimum absolute atomic E-state index is 0.0253. The molecule has 172 valence electrons. The van der Waals surface area contributed by atoms with E-state index in [1.165, 1.54) is 0 Å². The van der Waals surface area contributed by atoms with Crippen LogP contribution < -0.4 is 4.74 Å². The van der Waals surface area contributed by atoms with Gasteiger partial charge in [0, 0.05) is 24.5 Å². The SMILES string of the molecule is Cc1cccc(C(=O)N2CCO[C@H]3[C@@H](Oc4ccccn4)CC[C@@H]32)n1.O=C(O)C(F)(F)F.